The number of nitrogens with zero attached hydrogens (tertiary/aromatic N) is 2. The SMILES string of the molecule is COC1(C(F)(F)F)CCN(Cc2n[nH]c3c2CCCC3)C1. The molecule has 1 aliphatic heterocycles. The van der Waals surface area contributed by atoms with Crippen molar-refractivity contribution in [2.24, 2.45) is 0 Å². The maximum atomic E-state index is 13.2. The predicted octanol–water partition coefficient (Wildman–Crippen LogP) is 2.44. The van der Waals surface area contributed by atoms with Gasteiger partial charge in [0.1, 0.15) is 0 Å². The fourth-order valence-corrected chi connectivity index (χ4v) is 3.40. The van der Waals surface area contributed by atoms with Crippen molar-refractivity contribution < 1.29 is 17.9 Å². The Balaban J connectivity index is 1.71. The maximum absolute atomic E-state index is 13.2. The Kier molecular flexibility index (Phi) is 3.73. The number of nitrogens with one attached hydrogen (secondary N) is 1. The van der Waals surface area contributed by atoms with Crippen LogP contribution in [0.2, 0.25) is 0 Å². The average molecular weight is 303 g/mol. The van der Waals surface area contributed by atoms with Crippen molar-refractivity contribution in [3.05, 3.63) is 17.0 Å². The van der Waals surface area contributed by atoms with Gasteiger partial charge in [-0.3, -0.25) is 10.00 Å². The van der Waals surface area contributed by atoms with Gasteiger partial charge in [0.05, 0.1) is 5.69 Å². The van der Waals surface area contributed by atoms with Crippen LogP contribution in [-0.4, -0.2) is 47.1 Å². The molecule has 3 rings (SSSR count). The maximum Gasteiger partial charge on any atom is 0.418 e. The largest absolute Gasteiger partial charge is 0.418 e. The van der Waals surface area contributed by atoms with Crippen LogP contribution in [0.3, 0.4) is 0 Å². The van der Waals surface area contributed by atoms with Crippen LogP contribution in [0.15, 0.2) is 0 Å². The van der Waals surface area contributed by atoms with Gasteiger partial charge in [-0.2, -0.15) is 18.3 Å². The molecule has 0 spiro atoms. The zero-order valence-corrected chi connectivity index (χ0v) is 12.1. The summed E-state index contributed by atoms with van der Waals surface area (Å²) < 4.78 is 44.3. The minimum absolute atomic E-state index is 0.0143. The first-order chi connectivity index (χ1) is 9.95. The molecule has 1 aromatic rings. The summed E-state index contributed by atoms with van der Waals surface area (Å²) in [5.41, 5.74) is 1.25. The predicted molar refractivity (Wildman–Crippen MR) is 70.9 cm³/mol. The second-order valence-electron chi connectivity index (χ2n) is 5.99. The highest BCUT2D eigenvalue weighted by Gasteiger charge is 2.58. The molecule has 1 fully saturated rings. The summed E-state index contributed by atoms with van der Waals surface area (Å²) in [6.45, 7) is 0.733. The van der Waals surface area contributed by atoms with Gasteiger partial charge in [0.15, 0.2) is 5.60 Å². The van der Waals surface area contributed by atoms with Crippen LogP contribution < -0.4 is 0 Å². The van der Waals surface area contributed by atoms with Crippen LogP contribution in [-0.2, 0) is 24.1 Å². The lowest BCUT2D eigenvalue weighted by Gasteiger charge is -2.30. The lowest BCUT2D eigenvalue weighted by Crippen LogP contribution is -2.49. The van der Waals surface area contributed by atoms with Gasteiger partial charge in [0.2, 0.25) is 0 Å². The molecular weight excluding hydrogens is 283 g/mol. The molecule has 0 radical (unpaired) electrons. The summed E-state index contributed by atoms with van der Waals surface area (Å²) in [4.78, 5) is 1.79. The summed E-state index contributed by atoms with van der Waals surface area (Å²) in [7, 11) is 1.15. The van der Waals surface area contributed by atoms with E-state index in [1.807, 2.05) is 0 Å². The van der Waals surface area contributed by atoms with Crippen molar-refractivity contribution in [3.63, 3.8) is 0 Å². The Morgan fingerprint density at radius 3 is 2.76 bits per heavy atom. The molecule has 2 aliphatic rings. The highest BCUT2D eigenvalue weighted by molar-refractivity contribution is 5.27. The number of hydrogen-bond acceptors (Lipinski definition) is 3. The van der Waals surface area contributed by atoms with Crippen molar-refractivity contribution in [2.45, 2.75) is 50.4 Å². The molecule has 1 atom stereocenters. The molecular formula is C14H20F3N3O. The third kappa shape index (κ3) is 2.57. The molecule has 1 unspecified atom stereocenters. The minimum Gasteiger partial charge on any atom is -0.367 e. The molecule has 1 saturated heterocycles. The topological polar surface area (TPSA) is 41.1 Å². The fraction of sp³-hybridized carbons (Fsp3) is 0.786. The summed E-state index contributed by atoms with van der Waals surface area (Å²) in [5.74, 6) is 0. The number of H-pyrrole nitrogens is 1. The third-order valence-corrected chi connectivity index (χ3v) is 4.73. The number of likely N-dealkylation sites (tertiary alicyclic amines) is 1. The number of fused-ring (bicyclic) bond motifs is 1. The molecule has 1 aliphatic carbocycles. The van der Waals surface area contributed by atoms with E-state index >= 15 is 0 Å². The lowest BCUT2D eigenvalue weighted by molar-refractivity contribution is -0.264. The molecule has 0 amide bonds. The zero-order chi connectivity index (χ0) is 15.1. The number of halogens is 3. The first-order valence-electron chi connectivity index (χ1n) is 7.34. The summed E-state index contributed by atoms with van der Waals surface area (Å²) >= 11 is 0. The number of ether oxygens (including phenoxy) is 1. The van der Waals surface area contributed by atoms with E-state index < -0.39 is 11.8 Å². The van der Waals surface area contributed by atoms with Gasteiger partial charge >= 0.3 is 6.18 Å². The number of methoxy groups -OCH3 is 1. The van der Waals surface area contributed by atoms with Crippen LogP contribution in [0.5, 0.6) is 0 Å². The van der Waals surface area contributed by atoms with Crippen LogP contribution in [0, 0.1) is 0 Å². The minimum atomic E-state index is -4.33. The lowest BCUT2D eigenvalue weighted by atomic mass is 9.96. The van der Waals surface area contributed by atoms with Crippen molar-refractivity contribution in [2.75, 3.05) is 20.2 Å². The van der Waals surface area contributed by atoms with E-state index in [-0.39, 0.29) is 13.0 Å². The number of aromatic amines is 1. The molecule has 4 nitrogen and oxygen atoms in total. The van der Waals surface area contributed by atoms with Crippen LogP contribution in [0.1, 0.15) is 36.2 Å². The Morgan fingerprint density at radius 2 is 2.10 bits per heavy atom. The fourth-order valence-electron chi connectivity index (χ4n) is 3.40. The average Bonchev–Trinajstić information content (AvgIpc) is 3.04. The monoisotopic (exact) mass is 303 g/mol. The van der Waals surface area contributed by atoms with Crippen LogP contribution in [0.25, 0.3) is 0 Å². The Labute approximate surface area is 121 Å². The highest BCUT2D eigenvalue weighted by Crippen LogP contribution is 2.40. The summed E-state index contributed by atoms with van der Waals surface area (Å²) in [6, 6.07) is 0. The van der Waals surface area contributed by atoms with Gasteiger partial charge in [0.25, 0.3) is 0 Å². The smallest absolute Gasteiger partial charge is 0.367 e. The molecule has 1 N–H and O–H groups in total. The molecule has 21 heavy (non-hydrogen) atoms. The Morgan fingerprint density at radius 1 is 1.33 bits per heavy atom. The standard InChI is InChI=1S/C14H20F3N3O/c1-21-13(14(15,16)17)6-7-20(9-13)8-12-10-4-2-3-5-11(10)18-19-12/h2-9H2,1H3,(H,18,19). The normalized spacial score (nSPS) is 27.0. The van der Waals surface area contributed by atoms with Crippen molar-refractivity contribution >= 4 is 0 Å². The van der Waals surface area contributed by atoms with E-state index in [1.54, 1.807) is 4.90 Å². The van der Waals surface area contributed by atoms with E-state index in [1.165, 1.54) is 5.56 Å². The first-order valence-corrected chi connectivity index (χ1v) is 7.34. The number of alkyl halides is 3. The highest BCUT2D eigenvalue weighted by atomic mass is 19.4. The van der Waals surface area contributed by atoms with Crippen molar-refractivity contribution in [1.82, 2.24) is 15.1 Å². The zero-order valence-electron chi connectivity index (χ0n) is 12.1. The molecule has 1 aromatic heterocycles. The van der Waals surface area contributed by atoms with Gasteiger partial charge in [-0.1, -0.05) is 0 Å². The Hall–Kier alpha value is -1.08. The second kappa shape index (κ2) is 5.28. The van der Waals surface area contributed by atoms with Crippen molar-refractivity contribution in [1.29, 1.82) is 0 Å². The van der Waals surface area contributed by atoms with Gasteiger partial charge in [-0.05, 0) is 37.7 Å². The summed E-state index contributed by atoms with van der Waals surface area (Å²) in [6.07, 6.45) is -0.0962. The third-order valence-electron chi connectivity index (χ3n) is 4.73. The molecule has 0 bridgehead atoms. The molecule has 7 heteroatoms. The number of hydrogen-bond donors (Lipinski definition) is 1. The quantitative estimate of drug-likeness (QED) is 0.932. The first kappa shape index (κ1) is 14.8. The number of rotatable bonds is 3. The van der Waals surface area contributed by atoms with E-state index in [4.69, 9.17) is 4.74 Å². The van der Waals surface area contributed by atoms with Gasteiger partial charge in [-0.25, -0.2) is 0 Å². The van der Waals surface area contributed by atoms with Crippen molar-refractivity contribution in [3.8, 4) is 0 Å². The van der Waals surface area contributed by atoms with E-state index in [9.17, 15) is 13.2 Å². The number of aryl methyl sites for hydroxylation is 1. The number of aromatic nitrogens is 2. The molecule has 0 aromatic carbocycles. The summed E-state index contributed by atoms with van der Waals surface area (Å²) in [5, 5.41) is 7.34. The van der Waals surface area contributed by atoms with Gasteiger partial charge in [-0.15, -0.1) is 0 Å². The molecule has 2 heterocycles. The van der Waals surface area contributed by atoms with E-state index in [0.717, 1.165) is 44.2 Å². The van der Waals surface area contributed by atoms with E-state index in [2.05, 4.69) is 10.2 Å². The van der Waals surface area contributed by atoms with Crippen LogP contribution in [0.4, 0.5) is 13.2 Å². The van der Waals surface area contributed by atoms with Gasteiger partial charge < -0.3 is 4.74 Å². The van der Waals surface area contributed by atoms with Crippen LogP contribution >= 0.6 is 0 Å². The molecule has 118 valence electrons. The second-order valence-corrected chi connectivity index (χ2v) is 5.99. The molecule has 0 saturated carbocycles. The van der Waals surface area contributed by atoms with E-state index in [0.29, 0.717) is 13.1 Å². The Bertz CT molecular complexity index is 514. The van der Waals surface area contributed by atoms with Gasteiger partial charge in [0, 0.05) is 32.4 Å².